The lowest BCUT2D eigenvalue weighted by Gasteiger charge is -2.14. The van der Waals surface area contributed by atoms with Crippen molar-refractivity contribution in [3.05, 3.63) is 53.1 Å². The first-order chi connectivity index (χ1) is 10.9. The van der Waals surface area contributed by atoms with Gasteiger partial charge in [0, 0.05) is 5.69 Å². The van der Waals surface area contributed by atoms with Crippen LogP contribution in [-0.4, -0.2) is 19.6 Å². The zero-order chi connectivity index (χ0) is 17.0. The molecular formula is C17H17F2NO3. The molecule has 1 amide bonds. The molecule has 122 valence electrons. The minimum Gasteiger partial charge on any atom is -0.493 e. The zero-order valence-corrected chi connectivity index (χ0v) is 13.0. The largest absolute Gasteiger partial charge is 0.493 e. The van der Waals surface area contributed by atoms with Crippen LogP contribution in [0.4, 0.5) is 14.5 Å². The number of hydrogen-bond acceptors (Lipinski definition) is 3. The highest BCUT2D eigenvalue weighted by molar-refractivity contribution is 6.06. The third-order valence-corrected chi connectivity index (χ3v) is 3.13. The van der Waals surface area contributed by atoms with Crippen molar-refractivity contribution in [1.29, 1.82) is 0 Å². The topological polar surface area (TPSA) is 47.6 Å². The molecule has 0 fully saturated rings. The van der Waals surface area contributed by atoms with Crippen LogP contribution >= 0.6 is 0 Å². The Morgan fingerprint density at radius 2 is 1.78 bits per heavy atom. The van der Waals surface area contributed by atoms with Gasteiger partial charge in [0.15, 0.2) is 11.5 Å². The van der Waals surface area contributed by atoms with Gasteiger partial charge in [-0.2, -0.15) is 8.78 Å². The van der Waals surface area contributed by atoms with Crippen LogP contribution in [0.5, 0.6) is 11.5 Å². The summed E-state index contributed by atoms with van der Waals surface area (Å²) in [5.74, 6) is -0.769. The third-order valence-electron chi connectivity index (χ3n) is 3.13. The van der Waals surface area contributed by atoms with Gasteiger partial charge in [0.1, 0.15) is 0 Å². The molecule has 2 rings (SSSR count). The number of benzene rings is 2. The fourth-order valence-corrected chi connectivity index (χ4v) is 2.31. The molecule has 0 radical (unpaired) electrons. The predicted molar refractivity (Wildman–Crippen MR) is 83.5 cm³/mol. The van der Waals surface area contributed by atoms with E-state index in [4.69, 9.17) is 4.74 Å². The first kappa shape index (κ1) is 16.7. The van der Waals surface area contributed by atoms with Crippen LogP contribution in [0.2, 0.25) is 0 Å². The van der Waals surface area contributed by atoms with E-state index in [1.165, 1.54) is 25.3 Å². The van der Waals surface area contributed by atoms with Crippen LogP contribution in [0.15, 0.2) is 36.4 Å². The van der Waals surface area contributed by atoms with Gasteiger partial charge in [-0.3, -0.25) is 4.79 Å². The number of amides is 1. The fraction of sp³-hybridized carbons (Fsp3) is 0.235. The van der Waals surface area contributed by atoms with Crippen molar-refractivity contribution in [3.8, 4) is 11.5 Å². The second kappa shape index (κ2) is 7.09. The molecule has 1 N–H and O–H groups in total. The number of halogens is 2. The number of nitrogens with one attached hydrogen (secondary N) is 1. The summed E-state index contributed by atoms with van der Waals surface area (Å²) in [5.41, 5.74) is 2.52. The van der Waals surface area contributed by atoms with Crippen molar-refractivity contribution in [2.75, 3.05) is 12.4 Å². The van der Waals surface area contributed by atoms with E-state index in [0.717, 1.165) is 11.1 Å². The predicted octanol–water partition coefficient (Wildman–Crippen LogP) is 4.17. The van der Waals surface area contributed by atoms with Crippen LogP contribution in [-0.2, 0) is 0 Å². The minimum atomic E-state index is -3.06. The molecule has 0 saturated heterocycles. The second-order valence-corrected chi connectivity index (χ2v) is 5.05. The van der Waals surface area contributed by atoms with Crippen LogP contribution in [0.3, 0.4) is 0 Å². The highest BCUT2D eigenvalue weighted by atomic mass is 19.3. The average molecular weight is 321 g/mol. The molecule has 0 atom stereocenters. The summed E-state index contributed by atoms with van der Waals surface area (Å²) in [5, 5.41) is 2.69. The Labute approximate surface area is 133 Å². The molecular weight excluding hydrogens is 304 g/mol. The number of methoxy groups -OCH3 is 1. The maximum absolute atomic E-state index is 12.6. The summed E-state index contributed by atoms with van der Waals surface area (Å²) in [7, 11) is 1.32. The molecule has 0 unspecified atom stereocenters. The lowest BCUT2D eigenvalue weighted by Crippen LogP contribution is -2.15. The third kappa shape index (κ3) is 4.18. The molecule has 0 aliphatic heterocycles. The van der Waals surface area contributed by atoms with E-state index in [9.17, 15) is 13.6 Å². The van der Waals surface area contributed by atoms with Gasteiger partial charge in [-0.05, 0) is 49.2 Å². The van der Waals surface area contributed by atoms with Crippen molar-refractivity contribution >= 4 is 11.6 Å². The summed E-state index contributed by atoms with van der Waals surface area (Å²) in [6.07, 6.45) is 0. The molecule has 2 aromatic carbocycles. The van der Waals surface area contributed by atoms with Gasteiger partial charge in [-0.25, -0.2) is 0 Å². The number of hydrogen-bond donors (Lipinski definition) is 1. The van der Waals surface area contributed by atoms with E-state index >= 15 is 0 Å². The number of anilines is 1. The molecule has 6 heteroatoms. The number of carbonyl (C=O) groups is 1. The molecule has 4 nitrogen and oxygen atoms in total. The summed E-state index contributed by atoms with van der Waals surface area (Å²) in [4.78, 5) is 12.4. The lowest BCUT2D eigenvalue weighted by atomic mass is 10.1. The molecule has 0 heterocycles. The normalized spacial score (nSPS) is 10.5. The summed E-state index contributed by atoms with van der Waals surface area (Å²) >= 11 is 0. The van der Waals surface area contributed by atoms with E-state index in [-0.39, 0.29) is 17.1 Å². The van der Waals surface area contributed by atoms with E-state index in [0.29, 0.717) is 5.69 Å². The molecule has 0 spiro atoms. The Kier molecular flexibility index (Phi) is 5.16. The number of para-hydroxylation sites is 1. The Balaban J connectivity index is 2.34. The fourth-order valence-electron chi connectivity index (χ4n) is 2.31. The van der Waals surface area contributed by atoms with Gasteiger partial charge in [0.25, 0.3) is 5.91 Å². The van der Waals surface area contributed by atoms with Crippen molar-refractivity contribution < 1.29 is 23.0 Å². The zero-order valence-electron chi connectivity index (χ0n) is 13.0. The van der Waals surface area contributed by atoms with Gasteiger partial charge in [0.2, 0.25) is 0 Å². The maximum atomic E-state index is 12.6. The highest BCUT2D eigenvalue weighted by Crippen LogP contribution is 2.33. The van der Waals surface area contributed by atoms with E-state index in [1.54, 1.807) is 12.1 Å². The average Bonchev–Trinajstić information content (AvgIpc) is 2.45. The monoisotopic (exact) mass is 321 g/mol. The summed E-state index contributed by atoms with van der Waals surface area (Å²) in [6, 6.07) is 9.93. The van der Waals surface area contributed by atoms with Crippen LogP contribution in [0.1, 0.15) is 21.5 Å². The molecule has 0 saturated carbocycles. The molecule has 0 aliphatic carbocycles. The summed E-state index contributed by atoms with van der Waals surface area (Å²) < 4.78 is 34.6. The molecule has 0 bridgehead atoms. The Hall–Kier alpha value is -2.63. The van der Waals surface area contributed by atoms with E-state index < -0.39 is 12.5 Å². The van der Waals surface area contributed by atoms with Crippen LogP contribution in [0, 0.1) is 13.8 Å². The lowest BCUT2D eigenvalue weighted by molar-refractivity contribution is -0.0515. The first-order valence-electron chi connectivity index (χ1n) is 6.92. The van der Waals surface area contributed by atoms with Gasteiger partial charge >= 0.3 is 6.61 Å². The maximum Gasteiger partial charge on any atom is 0.387 e. The standard InChI is InChI=1S/C17H17F2NO3/c1-10-7-11(2)9-12(8-10)20-16(21)13-5-4-6-14(22-3)15(13)23-17(18)19/h4-9,17H,1-3H3,(H,20,21). The summed E-state index contributed by atoms with van der Waals surface area (Å²) in [6.45, 7) is 0.748. The number of rotatable bonds is 5. The Bertz CT molecular complexity index is 697. The number of aryl methyl sites for hydroxylation is 2. The number of ether oxygens (including phenoxy) is 2. The minimum absolute atomic E-state index is 0.0243. The first-order valence-corrected chi connectivity index (χ1v) is 6.92. The van der Waals surface area contributed by atoms with Crippen molar-refractivity contribution in [3.63, 3.8) is 0 Å². The number of carbonyl (C=O) groups excluding carboxylic acids is 1. The van der Waals surface area contributed by atoms with Crippen LogP contribution < -0.4 is 14.8 Å². The second-order valence-electron chi connectivity index (χ2n) is 5.05. The quantitative estimate of drug-likeness (QED) is 0.899. The Morgan fingerprint density at radius 3 is 2.35 bits per heavy atom. The van der Waals surface area contributed by atoms with Gasteiger partial charge in [-0.1, -0.05) is 12.1 Å². The van der Waals surface area contributed by atoms with Gasteiger partial charge in [-0.15, -0.1) is 0 Å². The van der Waals surface area contributed by atoms with Crippen molar-refractivity contribution in [2.45, 2.75) is 20.5 Å². The van der Waals surface area contributed by atoms with Crippen molar-refractivity contribution in [1.82, 2.24) is 0 Å². The SMILES string of the molecule is COc1cccc(C(=O)Nc2cc(C)cc(C)c2)c1OC(F)F. The van der Waals surface area contributed by atoms with Gasteiger partial charge < -0.3 is 14.8 Å². The van der Waals surface area contributed by atoms with Gasteiger partial charge in [0.05, 0.1) is 12.7 Å². The van der Waals surface area contributed by atoms with E-state index in [2.05, 4.69) is 10.1 Å². The van der Waals surface area contributed by atoms with Crippen LogP contribution in [0.25, 0.3) is 0 Å². The molecule has 2 aromatic rings. The van der Waals surface area contributed by atoms with Crippen molar-refractivity contribution in [2.24, 2.45) is 0 Å². The highest BCUT2D eigenvalue weighted by Gasteiger charge is 2.20. The van der Waals surface area contributed by atoms with E-state index in [1.807, 2.05) is 19.9 Å². The molecule has 0 aromatic heterocycles. The molecule has 0 aliphatic rings. The smallest absolute Gasteiger partial charge is 0.387 e. The molecule has 23 heavy (non-hydrogen) atoms. The number of alkyl halides is 2. The Morgan fingerprint density at radius 1 is 1.13 bits per heavy atom.